The zero-order valence-electron chi connectivity index (χ0n) is 8.34. The summed E-state index contributed by atoms with van der Waals surface area (Å²) in [5.41, 5.74) is 0.931. The second kappa shape index (κ2) is 4.00. The van der Waals surface area contributed by atoms with Crippen LogP contribution in [0.5, 0.6) is 17.4 Å². The van der Waals surface area contributed by atoms with Crippen LogP contribution >= 0.6 is 0 Å². The van der Waals surface area contributed by atoms with Crippen molar-refractivity contribution in [1.82, 2.24) is 4.98 Å². The highest BCUT2D eigenvalue weighted by atomic mass is 16.5. The maximum atomic E-state index is 9.51. The summed E-state index contributed by atoms with van der Waals surface area (Å²) in [5.74, 6) is 1.04. The van der Waals surface area contributed by atoms with Crippen molar-refractivity contribution in [2.24, 2.45) is 0 Å². The van der Waals surface area contributed by atoms with Crippen LogP contribution in [0.25, 0.3) is 0 Å². The van der Waals surface area contributed by atoms with Gasteiger partial charge in [0.15, 0.2) is 11.5 Å². The van der Waals surface area contributed by atoms with Gasteiger partial charge in [0.2, 0.25) is 5.88 Å². The smallest absolute Gasteiger partial charge is 0.222 e. The van der Waals surface area contributed by atoms with Crippen LogP contribution in [0.4, 0.5) is 0 Å². The van der Waals surface area contributed by atoms with Crippen LogP contribution in [-0.4, -0.2) is 10.1 Å². The van der Waals surface area contributed by atoms with E-state index in [0.29, 0.717) is 11.6 Å². The molecule has 15 heavy (non-hydrogen) atoms. The molecule has 2 aromatic rings. The monoisotopic (exact) mass is 201 g/mol. The van der Waals surface area contributed by atoms with Gasteiger partial charge in [0.05, 0.1) is 0 Å². The van der Waals surface area contributed by atoms with Gasteiger partial charge in [0.1, 0.15) is 0 Å². The minimum atomic E-state index is 0.113. The summed E-state index contributed by atoms with van der Waals surface area (Å²) in [6, 6.07) is 10.6. The van der Waals surface area contributed by atoms with E-state index in [0.717, 1.165) is 5.56 Å². The van der Waals surface area contributed by atoms with Gasteiger partial charge in [-0.1, -0.05) is 18.2 Å². The minimum absolute atomic E-state index is 0.113. The molecular weight excluding hydrogens is 190 g/mol. The summed E-state index contributed by atoms with van der Waals surface area (Å²) < 4.78 is 5.48. The lowest BCUT2D eigenvalue weighted by Gasteiger charge is -2.07. The lowest BCUT2D eigenvalue weighted by atomic mass is 10.3. The molecule has 0 saturated carbocycles. The highest BCUT2D eigenvalue weighted by Crippen LogP contribution is 2.29. The van der Waals surface area contributed by atoms with E-state index in [9.17, 15) is 5.11 Å². The molecule has 1 aromatic carbocycles. The van der Waals surface area contributed by atoms with Crippen LogP contribution in [0.2, 0.25) is 0 Å². The van der Waals surface area contributed by atoms with Gasteiger partial charge < -0.3 is 9.84 Å². The second-order valence-corrected chi connectivity index (χ2v) is 3.20. The Balaban J connectivity index is 2.30. The number of rotatable bonds is 2. The molecule has 1 aromatic heterocycles. The lowest BCUT2D eigenvalue weighted by Crippen LogP contribution is -1.90. The van der Waals surface area contributed by atoms with Gasteiger partial charge in [0, 0.05) is 11.8 Å². The van der Waals surface area contributed by atoms with Crippen LogP contribution in [-0.2, 0) is 0 Å². The summed E-state index contributed by atoms with van der Waals surface area (Å²) in [5, 5.41) is 9.51. The summed E-state index contributed by atoms with van der Waals surface area (Å²) in [6.07, 6.45) is 1.66. The fraction of sp³-hybridized carbons (Fsp3) is 0.0833. The van der Waals surface area contributed by atoms with E-state index < -0.39 is 0 Å². The highest BCUT2D eigenvalue weighted by Gasteiger charge is 2.04. The predicted molar refractivity (Wildman–Crippen MR) is 57.2 cm³/mol. The van der Waals surface area contributed by atoms with E-state index in [1.54, 1.807) is 30.5 Å². The predicted octanol–water partition coefficient (Wildman–Crippen LogP) is 2.89. The maximum Gasteiger partial charge on any atom is 0.222 e. The Kier molecular flexibility index (Phi) is 2.54. The third-order valence-corrected chi connectivity index (χ3v) is 2.03. The number of pyridine rings is 1. The van der Waals surface area contributed by atoms with Crippen LogP contribution in [0.3, 0.4) is 0 Å². The molecule has 0 radical (unpaired) electrons. The quantitative estimate of drug-likeness (QED) is 0.812. The third kappa shape index (κ3) is 2.07. The Morgan fingerprint density at radius 3 is 2.67 bits per heavy atom. The average molecular weight is 201 g/mol. The number of aromatic nitrogens is 1. The first kappa shape index (κ1) is 9.52. The molecule has 0 aliphatic heterocycles. The number of ether oxygens (including phenoxy) is 1. The number of phenols is 1. The second-order valence-electron chi connectivity index (χ2n) is 3.20. The molecule has 0 spiro atoms. The largest absolute Gasteiger partial charge is 0.504 e. The molecule has 3 nitrogen and oxygen atoms in total. The molecule has 0 fully saturated rings. The van der Waals surface area contributed by atoms with Gasteiger partial charge in [-0.25, -0.2) is 4.98 Å². The number of benzene rings is 1. The van der Waals surface area contributed by atoms with Gasteiger partial charge in [-0.2, -0.15) is 0 Å². The van der Waals surface area contributed by atoms with E-state index in [-0.39, 0.29) is 5.75 Å². The standard InChI is InChI=1S/C12H11NO2/c1-9-5-4-8-13-12(9)15-11-7-3-2-6-10(11)14/h2-8,14H,1H3. The van der Waals surface area contributed by atoms with Crippen LogP contribution in [0.15, 0.2) is 42.6 Å². The van der Waals surface area contributed by atoms with E-state index in [1.165, 1.54) is 0 Å². The molecule has 0 amide bonds. The van der Waals surface area contributed by atoms with Crippen molar-refractivity contribution in [3.63, 3.8) is 0 Å². The molecule has 0 atom stereocenters. The number of hydrogen-bond acceptors (Lipinski definition) is 3. The Hall–Kier alpha value is -2.03. The third-order valence-electron chi connectivity index (χ3n) is 2.03. The highest BCUT2D eigenvalue weighted by molar-refractivity contribution is 5.41. The van der Waals surface area contributed by atoms with Crippen molar-refractivity contribution in [2.45, 2.75) is 6.92 Å². The number of phenolic OH excluding ortho intramolecular Hbond substituents is 1. The zero-order chi connectivity index (χ0) is 10.7. The van der Waals surface area contributed by atoms with Crippen LogP contribution in [0, 0.1) is 6.92 Å². The van der Waals surface area contributed by atoms with Gasteiger partial charge in [-0.3, -0.25) is 0 Å². The molecule has 0 saturated heterocycles. The van der Waals surface area contributed by atoms with Crippen molar-refractivity contribution in [3.05, 3.63) is 48.2 Å². The Bertz CT molecular complexity index is 425. The maximum absolute atomic E-state index is 9.51. The molecule has 2 rings (SSSR count). The summed E-state index contributed by atoms with van der Waals surface area (Å²) in [6.45, 7) is 1.91. The van der Waals surface area contributed by atoms with Gasteiger partial charge in [-0.15, -0.1) is 0 Å². The number of para-hydroxylation sites is 2. The first-order chi connectivity index (χ1) is 7.27. The number of aryl methyl sites for hydroxylation is 1. The SMILES string of the molecule is Cc1cccnc1Oc1ccccc1O. The average Bonchev–Trinajstić information content (AvgIpc) is 2.24. The molecule has 3 heteroatoms. The van der Waals surface area contributed by atoms with E-state index >= 15 is 0 Å². The summed E-state index contributed by atoms with van der Waals surface area (Å²) in [7, 11) is 0. The van der Waals surface area contributed by atoms with Gasteiger partial charge in [-0.05, 0) is 25.1 Å². The fourth-order valence-electron chi connectivity index (χ4n) is 1.23. The van der Waals surface area contributed by atoms with E-state index in [1.807, 2.05) is 19.1 Å². The van der Waals surface area contributed by atoms with Gasteiger partial charge in [0.25, 0.3) is 0 Å². The van der Waals surface area contributed by atoms with Crippen molar-refractivity contribution >= 4 is 0 Å². The molecule has 1 heterocycles. The molecule has 76 valence electrons. The first-order valence-electron chi connectivity index (χ1n) is 4.65. The van der Waals surface area contributed by atoms with Crippen molar-refractivity contribution in [3.8, 4) is 17.4 Å². The topological polar surface area (TPSA) is 42.4 Å². The normalized spacial score (nSPS) is 9.93. The number of hydrogen-bond donors (Lipinski definition) is 1. The molecular formula is C12H11NO2. The fourth-order valence-corrected chi connectivity index (χ4v) is 1.23. The lowest BCUT2D eigenvalue weighted by molar-refractivity contribution is 0.401. The summed E-state index contributed by atoms with van der Waals surface area (Å²) >= 11 is 0. The minimum Gasteiger partial charge on any atom is -0.504 e. The van der Waals surface area contributed by atoms with Crippen LogP contribution < -0.4 is 4.74 Å². The first-order valence-corrected chi connectivity index (χ1v) is 4.65. The molecule has 0 aliphatic carbocycles. The molecule has 0 bridgehead atoms. The van der Waals surface area contributed by atoms with Crippen molar-refractivity contribution in [1.29, 1.82) is 0 Å². The Morgan fingerprint density at radius 1 is 1.13 bits per heavy atom. The Morgan fingerprint density at radius 2 is 1.93 bits per heavy atom. The molecule has 0 aliphatic rings. The van der Waals surface area contributed by atoms with E-state index in [2.05, 4.69) is 4.98 Å². The number of aromatic hydroxyl groups is 1. The van der Waals surface area contributed by atoms with Crippen molar-refractivity contribution in [2.75, 3.05) is 0 Å². The summed E-state index contributed by atoms with van der Waals surface area (Å²) in [4.78, 5) is 4.08. The number of nitrogens with zero attached hydrogens (tertiary/aromatic N) is 1. The molecule has 0 unspecified atom stereocenters. The van der Waals surface area contributed by atoms with E-state index in [4.69, 9.17) is 4.74 Å². The van der Waals surface area contributed by atoms with Crippen LogP contribution in [0.1, 0.15) is 5.56 Å². The zero-order valence-corrected chi connectivity index (χ0v) is 8.34. The van der Waals surface area contributed by atoms with Crippen molar-refractivity contribution < 1.29 is 9.84 Å². The Labute approximate surface area is 88.0 Å². The molecule has 1 N–H and O–H groups in total. The van der Waals surface area contributed by atoms with Gasteiger partial charge >= 0.3 is 0 Å².